The molecule has 22 heavy (non-hydrogen) atoms. The van der Waals surface area contributed by atoms with Crippen molar-refractivity contribution in [3.63, 3.8) is 0 Å². The minimum atomic E-state index is -0.475. The maximum atomic E-state index is 12.1. The van der Waals surface area contributed by atoms with Crippen molar-refractivity contribution >= 4 is 34.7 Å². The van der Waals surface area contributed by atoms with Crippen molar-refractivity contribution in [2.75, 3.05) is 20.3 Å². The van der Waals surface area contributed by atoms with E-state index in [1.165, 1.54) is 19.3 Å². The van der Waals surface area contributed by atoms with Gasteiger partial charge in [0.2, 0.25) is 0 Å². The summed E-state index contributed by atoms with van der Waals surface area (Å²) in [6.45, 7) is 2.09. The summed E-state index contributed by atoms with van der Waals surface area (Å²) >= 11 is 0.819. The first kappa shape index (κ1) is 16.2. The van der Waals surface area contributed by atoms with Crippen LogP contribution >= 0.6 is 11.8 Å². The van der Waals surface area contributed by atoms with Gasteiger partial charge in [-0.2, -0.15) is 0 Å². The van der Waals surface area contributed by atoms with Crippen LogP contribution < -0.4 is 0 Å². The number of hydrogen-bond donors (Lipinski definition) is 0. The molecule has 0 aromatic heterocycles. The summed E-state index contributed by atoms with van der Waals surface area (Å²) < 4.78 is 4.86. The van der Waals surface area contributed by atoms with E-state index in [4.69, 9.17) is 4.74 Å². The van der Waals surface area contributed by atoms with Crippen molar-refractivity contribution in [3.05, 3.63) is 44.3 Å². The van der Waals surface area contributed by atoms with Crippen LogP contribution in [0.1, 0.15) is 11.1 Å². The fourth-order valence-electron chi connectivity index (χ4n) is 1.94. The predicted octanol–water partition coefficient (Wildman–Crippen LogP) is 2.59. The Morgan fingerprint density at radius 2 is 2.14 bits per heavy atom. The molecule has 1 aromatic rings. The molecule has 1 fully saturated rings. The molecule has 0 radical (unpaired) electrons. The third-order valence-electron chi connectivity index (χ3n) is 3.12. The zero-order valence-corrected chi connectivity index (χ0v) is 12.9. The first-order chi connectivity index (χ1) is 10.4. The summed E-state index contributed by atoms with van der Waals surface area (Å²) in [5.74, 6) is -0.407. The minimum absolute atomic E-state index is 0.0210. The largest absolute Gasteiger partial charge is 0.383 e. The number of thioether (sulfide) groups is 1. The number of benzene rings is 1. The molecule has 1 heterocycles. The molecule has 8 heteroatoms. The first-order valence-corrected chi connectivity index (χ1v) is 7.25. The third-order valence-corrected chi connectivity index (χ3v) is 4.03. The molecule has 1 aromatic carbocycles. The van der Waals surface area contributed by atoms with Crippen molar-refractivity contribution in [2.45, 2.75) is 6.92 Å². The van der Waals surface area contributed by atoms with E-state index >= 15 is 0 Å². The third kappa shape index (κ3) is 3.34. The molecular formula is C14H14N2O5S. The molecule has 0 bridgehead atoms. The summed E-state index contributed by atoms with van der Waals surface area (Å²) in [7, 11) is 1.49. The van der Waals surface area contributed by atoms with E-state index in [0.29, 0.717) is 11.1 Å². The van der Waals surface area contributed by atoms with Crippen molar-refractivity contribution in [3.8, 4) is 0 Å². The summed E-state index contributed by atoms with van der Waals surface area (Å²) in [4.78, 5) is 35.7. The van der Waals surface area contributed by atoms with Crippen LogP contribution in [-0.2, 0) is 9.53 Å². The molecule has 0 N–H and O–H groups in total. The Labute approximate surface area is 131 Å². The van der Waals surface area contributed by atoms with Crippen molar-refractivity contribution in [1.29, 1.82) is 0 Å². The fraction of sp³-hybridized carbons (Fsp3) is 0.286. The van der Waals surface area contributed by atoms with Gasteiger partial charge in [0.05, 0.1) is 23.0 Å². The molecule has 2 amide bonds. The van der Waals surface area contributed by atoms with Crippen LogP contribution in [0.4, 0.5) is 10.5 Å². The van der Waals surface area contributed by atoms with Gasteiger partial charge in [0, 0.05) is 18.7 Å². The van der Waals surface area contributed by atoms with Crippen LogP contribution in [0, 0.1) is 17.0 Å². The topological polar surface area (TPSA) is 89.8 Å². The average Bonchev–Trinajstić information content (AvgIpc) is 2.73. The molecule has 0 spiro atoms. The highest BCUT2D eigenvalue weighted by atomic mass is 32.2. The van der Waals surface area contributed by atoms with E-state index in [1.807, 2.05) is 0 Å². The normalized spacial score (nSPS) is 16.6. The summed E-state index contributed by atoms with van der Waals surface area (Å²) in [6, 6.07) is 4.67. The number of carbonyl (C=O) groups excluding carboxylic acids is 2. The molecule has 0 unspecified atom stereocenters. The smallest absolute Gasteiger partial charge is 0.293 e. The number of ether oxygens (including phenoxy) is 1. The Morgan fingerprint density at radius 1 is 1.41 bits per heavy atom. The summed E-state index contributed by atoms with van der Waals surface area (Å²) in [5, 5.41) is 10.6. The number of hydrogen-bond acceptors (Lipinski definition) is 6. The highest BCUT2D eigenvalue weighted by molar-refractivity contribution is 8.18. The Bertz CT molecular complexity index is 671. The van der Waals surface area contributed by atoms with Gasteiger partial charge in [-0.25, -0.2) is 0 Å². The molecule has 1 aliphatic rings. The fourth-order valence-corrected chi connectivity index (χ4v) is 2.80. The van der Waals surface area contributed by atoms with Crippen LogP contribution in [-0.4, -0.2) is 41.2 Å². The van der Waals surface area contributed by atoms with Crippen LogP contribution in [0.5, 0.6) is 0 Å². The monoisotopic (exact) mass is 322 g/mol. The Balaban J connectivity index is 2.27. The number of methoxy groups -OCH3 is 1. The number of nitrogens with zero attached hydrogens (tertiary/aromatic N) is 2. The second-order valence-corrected chi connectivity index (χ2v) is 5.62. The highest BCUT2D eigenvalue weighted by Gasteiger charge is 2.34. The lowest BCUT2D eigenvalue weighted by atomic mass is 10.1. The number of nitro benzene ring substituents is 1. The van der Waals surface area contributed by atoms with E-state index in [9.17, 15) is 19.7 Å². The standard InChI is InChI=1S/C14H14N2O5S/c1-9-3-4-10(7-11(9)16(19)20)8-12-13(17)15(5-6-21-2)14(18)22-12/h3-4,7-8H,5-6H2,1-2H3/b12-8+. The van der Waals surface area contributed by atoms with Crippen molar-refractivity contribution < 1.29 is 19.2 Å². The lowest BCUT2D eigenvalue weighted by Gasteiger charge is -2.10. The van der Waals surface area contributed by atoms with Gasteiger partial charge >= 0.3 is 0 Å². The molecule has 0 saturated carbocycles. The molecule has 116 valence electrons. The molecule has 1 aliphatic heterocycles. The van der Waals surface area contributed by atoms with Crippen LogP contribution in [0.25, 0.3) is 6.08 Å². The minimum Gasteiger partial charge on any atom is -0.383 e. The molecule has 2 rings (SSSR count). The van der Waals surface area contributed by atoms with E-state index < -0.39 is 10.8 Å². The van der Waals surface area contributed by atoms with Gasteiger partial charge < -0.3 is 4.74 Å². The first-order valence-electron chi connectivity index (χ1n) is 6.43. The summed E-state index contributed by atoms with van der Waals surface area (Å²) in [6.07, 6.45) is 1.49. The predicted molar refractivity (Wildman–Crippen MR) is 82.4 cm³/mol. The average molecular weight is 322 g/mol. The number of imide groups is 1. The van der Waals surface area contributed by atoms with E-state index in [0.717, 1.165) is 16.7 Å². The van der Waals surface area contributed by atoms with E-state index in [-0.39, 0.29) is 29.0 Å². The number of nitro groups is 1. The van der Waals surface area contributed by atoms with Crippen LogP contribution in [0.3, 0.4) is 0 Å². The Hall–Kier alpha value is -2.19. The maximum Gasteiger partial charge on any atom is 0.293 e. The summed E-state index contributed by atoms with van der Waals surface area (Å²) in [5.41, 5.74) is 1.03. The number of aryl methyl sites for hydroxylation is 1. The van der Waals surface area contributed by atoms with Gasteiger partial charge in [0.25, 0.3) is 16.8 Å². The SMILES string of the molecule is COCCN1C(=O)S/C(=C/c2ccc(C)c([N+](=O)[O-])c2)C1=O. The van der Waals surface area contributed by atoms with Gasteiger partial charge in [0.15, 0.2) is 0 Å². The van der Waals surface area contributed by atoms with Gasteiger partial charge in [-0.1, -0.05) is 12.1 Å². The lowest BCUT2D eigenvalue weighted by Crippen LogP contribution is -2.31. The number of rotatable bonds is 5. The van der Waals surface area contributed by atoms with E-state index in [2.05, 4.69) is 0 Å². The number of amides is 2. The van der Waals surface area contributed by atoms with Crippen molar-refractivity contribution in [2.24, 2.45) is 0 Å². The highest BCUT2D eigenvalue weighted by Crippen LogP contribution is 2.32. The maximum absolute atomic E-state index is 12.1. The van der Waals surface area contributed by atoms with E-state index in [1.54, 1.807) is 19.1 Å². The van der Waals surface area contributed by atoms with Crippen molar-refractivity contribution in [1.82, 2.24) is 4.90 Å². The zero-order chi connectivity index (χ0) is 16.3. The molecule has 0 atom stereocenters. The zero-order valence-electron chi connectivity index (χ0n) is 12.1. The molecular weight excluding hydrogens is 308 g/mol. The number of carbonyl (C=O) groups is 2. The quantitative estimate of drug-likeness (QED) is 0.470. The van der Waals surface area contributed by atoms with Gasteiger partial charge in [0.1, 0.15) is 0 Å². The molecule has 0 aliphatic carbocycles. The second kappa shape index (κ2) is 6.71. The Kier molecular flexibility index (Phi) is 4.94. The Morgan fingerprint density at radius 3 is 2.77 bits per heavy atom. The lowest BCUT2D eigenvalue weighted by molar-refractivity contribution is -0.385. The van der Waals surface area contributed by atoms with Crippen LogP contribution in [0.2, 0.25) is 0 Å². The van der Waals surface area contributed by atoms with Crippen LogP contribution in [0.15, 0.2) is 23.1 Å². The van der Waals surface area contributed by atoms with Gasteiger partial charge in [-0.15, -0.1) is 0 Å². The van der Waals surface area contributed by atoms with Gasteiger partial charge in [-0.05, 0) is 30.3 Å². The molecule has 7 nitrogen and oxygen atoms in total. The van der Waals surface area contributed by atoms with Gasteiger partial charge in [-0.3, -0.25) is 24.6 Å². The molecule has 1 saturated heterocycles. The second-order valence-electron chi connectivity index (χ2n) is 4.63.